The summed E-state index contributed by atoms with van der Waals surface area (Å²) in [6, 6.07) is 11.9. The lowest BCUT2D eigenvalue weighted by molar-refractivity contribution is 0.232. The maximum absolute atomic E-state index is 12.8. The van der Waals surface area contributed by atoms with Crippen molar-refractivity contribution < 1.29 is 24.5 Å². The Balaban J connectivity index is 1.76. The lowest BCUT2D eigenvalue weighted by Crippen LogP contribution is -2.33. The topological polar surface area (TPSA) is 129 Å². The Morgan fingerprint density at radius 3 is 2.75 bits per heavy atom. The van der Waals surface area contributed by atoms with E-state index in [0.717, 1.165) is 16.7 Å². The van der Waals surface area contributed by atoms with Gasteiger partial charge in [0, 0.05) is 31.4 Å². The fourth-order valence-corrected chi connectivity index (χ4v) is 3.21. The molecule has 32 heavy (non-hydrogen) atoms. The number of methoxy groups -OCH3 is 1. The molecule has 0 aliphatic heterocycles. The Morgan fingerprint density at radius 1 is 1.16 bits per heavy atom. The fourth-order valence-electron chi connectivity index (χ4n) is 3.21. The van der Waals surface area contributed by atoms with Gasteiger partial charge in [0.2, 0.25) is 0 Å². The molecule has 0 bridgehead atoms. The van der Waals surface area contributed by atoms with Crippen LogP contribution in [0, 0.1) is 0 Å². The standard InChI is InChI=1S/C23H28N4O5/c1-31-19-5-2-4-17(12-19)20(8-10-29)26-23(30)27-21-7-6-16(18-14-24-25-15-18)13-22(21)32-11-3-9-28/h2,4-7,12-15,20,28-29H,3,8-11H2,1H3,(H,24,25)(H2,26,27,30). The van der Waals surface area contributed by atoms with E-state index in [2.05, 4.69) is 20.8 Å². The van der Waals surface area contributed by atoms with Crippen LogP contribution in [0.4, 0.5) is 10.5 Å². The molecule has 1 atom stereocenters. The number of aliphatic hydroxyl groups is 2. The summed E-state index contributed by atoms with van der Waals surface area (Å²) < 4.78 is 11.1. The molecule has 9 nitrogen and oxygen atoms in total. The molecule has 0 radical (unpaired) electrons. The molecule has 3 aromatic rings. The number of urea groups is 1. The minimum Gasteiger partial charge on any atom is -0.497 e. The van der Waals surface area contributed by atoms with E-state index >= 15 is 0 Å². The van der Waals surface area contributed by atoms with Crippen LogP contribution in [0.25, 0.3) is 11.1 Å². The molecule has 1 unspecified atom stereocenters. The van der Waals surface area contributed by atoms with Gasteiger partial charge in [0.05, 0.1) is 31.6 Å². The summed E-state index contributed by atoms with van der Waals surface area (Å²) >= 11 is 0. The number of ether oxygens (including phenoxy) is 2. The first kappa shape index (κ1) is 23.1. The highest BCUT2D eigenvalue weighted by molar-refractivity contribution is 5.91. The van der Waals surface area contributed by atoms with Crippen molar-refractivity contribution in [3.8, 4) is 22.6 Å². The molecule has 0 spiro atoms. The van der Waals surface area contributed by atoms with Crippen molar-refractivity contribution in [2.45, 2.75) is 18.9 Å². The Labute approximate surface area is 186 Å². The van der Waals surface area contributed by atoms with Gasteiger partial charge in [-0.1, -0.05) is 18.2 Å². The number of hydrogen-bond acceptors (Lipinski definition) is 6. The average Bonchev–Trinajstić information content (AvgIpc) is 3.35. The lowest BCUT2D eigenvalue weighted by Gasteiger charge is -2.20. The predicted octanol–water partition coefficient (Wildman–Crippen LogP) is 3.09. The summed E-state index contributed by atoms with van der Waals surface area (Å²) in [7, 11) is 1.58. The van der Waals surface area contributed by atoms with Gasteiger partial charge < -0.3 is 30.3 Å². The van der Waals surface area contributed by atoms with Crippen LogP contribution >= 0.6 is 0 Å². The number of amides is 2. The zero-order valence-electron chi connectivity index (χ0n) is 17.9. The molecule has 0 saturated carbocycles. The molecule has 1 heterocycles. The van der Waals surface area contributed by atoms with Crippen LogP contribution in [0.3, 0.4) is 0 Å². The van der Waals surface area contributed by atoms with Crippen molar-refractivity contribution >= 4 is 11.7 Å². The Kier molecular flexibility index (Phi) is 8.47. The fraction of sp³-hybridized carbons (Fsp3) is 0.304. The van der Waals surface area contributed by atoms with Crippen LogP contribution in [0.1, 0.15) is 24.4 Å². The number of nitrogens with one attached hydrogen (secondary N) is 3. The van der Waals surface area contributed by atoms with E-state index in [1.54, 1.807) is 25.6 Å². The third-order valence-electron chi connectivity index (χ3n) is 4.84. The summed E-state index contributed by atoms with van der Waals surface area (Å²) in [5.41, 5.74) is 3.07. The molecule has 0 fully saturated rings. The van der Waals surface area contributed by atoms with E-state index in [1.807, 2.05) is 36.4 Å². The van der Waals surface area contributed by atoms with Gasteiger partial charge in [0.15, 0.2) is 0 Å². The molecular formula is C23H28N4O5. The van der Waals surface area contributed by atoms with Gasteiger partial charge in [-0.3, -0.25) is 5.10 Å². The third kappa shape index (κ3) is 6.22. The van der Waals surface area contributed by atoms with Crippen LogP contribution in [0.2, 0.25) is 0 Å². The maximum atomic E-state index is 12.8. The molecule has 2 aromatic carbocycles. The molecule has 5 N–H and O–H groups in total. The Bertz CT molecular complexity index is 994. The Morgan fingerprint density at radius 2 is 2.03 bits per heavy atom. The van der Waals surface area contributed by atoms with Crippen molar-refractivity contribution in [1.82, 2.24) is 15.5 Å². The number of anilines is 1. The Hall–Kier alpha value is -3.56. The summed E-state index contributed by atoms with van der Waals surface area (Å²) in [5.74, 6) is 1.15. The number of carbonyl (C=O) groups excluding carboxylic acids is 1. The van der Waals surface area contributed by atoms with Crippen LogP contribution in [0.5, 0.6) is 11.5 Å². The largest absolute Gasteiger partial charge is 0.497 e. The maximum Gasteiger partial charge on any atom is 0.319 e. The lowest BCUT2D eigenvalue weighted by atomic mass is 10.0. The van der Waals surface area contributed by atoms with Gasteiger partial charge in [0.1, 0.15) is 11.5 Å². The normalized spacial score (nSPS) is 11.6. The molecule has 0 saturated heterocycles. The van der Waals surface area contributed by atoms with Crippen molar-refractivity contribution in [3.05, 3.63) is 60.4 Å². The van der Waals surface area contributed by atoms with E-state index < -0.39 is 12.1 Å². The second-order valence-corrected chi connectivity index (χ2v) is 7.06. The van der Waals surface area contributed by atoms with E-state index in [4.69, 9.17) is 14.6 Å². The third-order valence-corrected chi connectivity index (χ3v) is 4.84. The van der Waals surface area contributed by atoms with Crippen molar-refractivity contribution in [3.63, 3.8) is 0 Å². The second kappa shape index (κ2) is 11.7. The number of aromatic nitrogens is 2. The number of carbonyl (C=O) groups is 1. The van der Waals surface area contributed by atoms with Gasteiger partial charge in [0.25, 0.3) is 0 Å². The first-order chi connectivity index (χ1) is 15.6. The quantitative estimate of drug-likeness (QED) is 0.292. The molecule has 2 amide bonds. The van der Waals surface area contributed by atoms with Gasteiger partial charge in [-0.2, -0.15) is 5.10 Å². The number of rotatable bonds is 11. The summed E-state index contributed by atoms with van der Waals surface area (Å²) in [4.78, 5) is 12.8. The average molecular weight is 441 g/mol. The molecule has 3 rings (SSSR count). The number of nitrogens with zero attached hydrogens (tertiary/aromatic N) is 1. The number of benzene rings is 2. The summed E-state index contributed by atoms with van der Waals surface area (Å²) in [6.45, 7) is 0.226. The minimum absolute atomic E-state index is 0.00798. The molecule has 0 aliphatic rings. The van der Waals surface area contributed by atoms with E-state index in [9.17, 15) is 9.90 Å². The molecular weight excluding hydrogens is 412 g/mol. The van der Waals surface area contributed by atoms with Crippen molar-refractivity contribution in [2.75, 3.05) is 32.2 Å². The number of H-pyrrole nitrogens is 1. The number of aromatic amines is 1. The highest BCUT2D eigenvalue weighted by Crippen LogP contribution is 2.31. The number of hydrogen-bond donors (Lipinski definition) is 5. The monoisotopic (exact) mass is 440 g/mol. The predicted molar refractivity (Wildman–Crippen MR) is 121 cm³/mol. The first-order valence-corrected chi connectivity index (χ1v) is 10.3. The second-order valence-electron chi connectivity index (χ2n) is 7.06. The van der Waals surface area contributed by atoms with Crippen LogP contribution < -0.4 is 20.1 Å². The van der Waals surface area contributed by atoms with Crippen LogP contribution in [0.15, 0.2) is 54.9 Å². The zero-order chi connectivity index (χ0) is 22.8. The number of aliphatic hydroxyl groups excluding tert-OH is 2. The summed E-state index contributed by atoms with van der Waals surface area (Å²) in [5, 5.41) is 31.0. The van der Waals surface area contributed by atoms with Gasteiger partial charge in [-0.15, -0.1) is 0 Å². The van der Waals surface area contributed by atoms with E-state index in [1.165, 1.54) is 0 Å². The van der Waals surface area contributed by atoms with E-state index in [0.29, 0.717) is 36.6 Å². The molecule has 170 valence electrons. The molecule has 1 aromatic heterocycles. The zero-order valence-corrected chi connectivity index (χ0v) is 17.9. The van der Waals surface area contributed by atoms with Gasteiger partial charge >= 0.3 is 6.03 Å². The van der Waals surface area contributed by atoms with Crippen LogP contribution in [-0.4, -0.2) is 53.4 Å². The smallest absolute Gasteiger partial charge is 0.319 e. The highest BCUT2D eigenvalue weighted by Gasteiger charge is 2.17. The molecule has 0 aliphatic carbocycles. The van der Waals surface area contributed by atoms with Gasteiger partial charge in [-0.05, 0) is 41.8 Å². The van der Waals surface area contributed by atoms with Crippen molar-refractivity contribution in [1.29, 1.82) is 0 Å². The van der Waals surface area contributed by atoms with Crippen molar-refractivity contribution in [2.24, 2.45) is 0 Å². The summed E-state index contributed by atoms with van der Waals surface area (Å²) in [6.07, 6.45) is 4.27. The minimum atomic E-state index is -0.436. The van der Waals surface area contributed by atoms with Crippen LogP contribution in [-0.2, 0) is 0 Å². The first-order valence-electron chi connectivity index (χ1n) is 10.3. The van der Waals surface area contributed by atoms with Gasteiger partial charge in [-0.25, -0.2) is 4.79 Å². The molecule has 9 heteroatoms. The highest BCUT2D eigenvalue weighted by atomic mass is 16.5. The SMILES string of the molecule is COc1cccc(C(CCO)NC(=O)Nc2ccc(-c3cn[nH]c3)cc2OCCCO)c1. The van der Waals surface area contributed by atoms with E-state index in [-0.39, 0.29) is 13.2 Å².